The summed E-state index contributed by atoms with van der Waals surface area (Å²) in [7, 11) is 3.54. The second-order valence-electron chi connectivity index (χ2n) is 7.32. The summed E-state index contributed by atoms with van der Waals surface area (Å²) in [4.78, 5) is 16.7. The van der Waals surface area contributed by atoms with Gasteiger partial charge in [0, 0.05) is 26.3 Å². The molecule has 1 aromatic carbocycles. The fraction of sp³-hybridized carbons (Fsp3) is 0.450. The van der Waals surface area contributed by atoms with Gasteiger partial charge in [0.15, 0.2) is 0 Å². The Morgan fingerprint density at radius 2 is 2.08 bits per heavy atom. The number of aryl methyl sites for hydroxylation is 1. The molecule has 0 spiro atoms. The summed E-state index contributed by atoms with van der Waals surface area (Å²) in [6.07, 6.45) is 2.57. The topological polar surface area (TPSA) is 48.1 Å². The Kier molecular flexibility index (Phi) is 3.93. The highest BCUT2D eigenvalue weighted by Crippen LogP contribution is 2.59. The third kappa shape index (κ3) is 2.75. The van der Waals surface area contributed by atoms with Crippen LogP contribution in [-0.4, -0.2) is 36.4 Å². The lowest BCUT2D eigenvalue weighted by Gasteiger charge is -2.13. The van der Waals surface area contributed by atoms with Crippen LogP contribution in [0.1, 0.15) is 39.6 Å². The normalized spacial score (nSPS) is 24.2. The molecule has 0 aliphatic heterocycles. The largest absolute Gasteiger partial charge is 0.353 e. The first-order valence-electron chi connectivity index (χ1n) is 8.83. The zero-order valence-electron chi connectivity index (χ0n) is 14.4. The maximum Gasteiger partial charge on any atom is 0.269 e. The van der Waals surface area contributed by atoms with Gasteiger partial charge >= 0.3 is 0 Å². The highest BCUT2D eigenvalue weighted by molar-refractivity contribution is 5.92. The number of amides is 1. The lowest BCUT2D eigenvalue weighted by molar-refractivity contribution is 0.0822. The predicted molar refractivity (Wildman–Crippen MR) is 95.0 cm³/mol. The Balaban J connectivity index is 1.31. The van der Waals surface area contributed by atoms with E-state index in [4.69, 9.17) is 0 Å². The quantitative estimate of drug-likeness (QED) is 0.889. The van der Waals surface area contributed by atoms with Gasteiger partial charge in [0.1, 0.15) is 5.69 Å². The molecule has 0 radical (unpaired) electrons. The minimum absolute atomic E-state index is 0.0195. The summed E-state index contributed by atoms with van der Waals surface area (Å²) in [5.41, 5.74) is 4.87. The van der Waals surface area contributed by atoms with Crippen LogP contribution in [0.25, 0.3) is 0 Å². The van der Waals surface area contributed by atoms with E-state index < -0.39 is 0 Å². The molecular formula is C20H25N3O. The average Bonchev–Trinajstić information content (AvgIpc) is 3.10. The van der Waals surface area contributed by atoms with Crippen LogP contribution in [0.2, 0.25) is 0 Å². The standard InChI is InChI=1S/C20H25N3O/c1-23(2)20(24)18-10-8-14(22-18)11-21-12-17-16-9-7-13-5-3-4-6-15(13)19(16)17/h3-6,8,10,16-17,19,21-22H,7,9,11-12H2,1-2H3/t16-,17+,19-/m0/s1. The van der Waals surface area contributed by atoms with E-state index in [2.05, 4.69) is 34.6 Å². The van der Waals surface area contributed by atoms with E-state index in [1.54, 1.807) is 30.1 Å². The number of nitrogens with zero attached hydrogens (tertiary/aromatic N) is 1. The molecule has 0 bridgehead atoms. The van der Waals surface area contributed by atoms with E-state index in [0.29, 0.717) is 5.69 Å². The molecule has 1 heterocycles. The van der Waals surface area contributed by atoms with E-state index in [-0.39, 0.29) is 5.91 Å². The molecular weight excluding hydrogens is 298 g/mol. The van der Waals surface area contributed by atoms with E-state index in [1.165, 1.54) is 12.8 Å². The maximum absolute atomic E-state index is 11.9. The van der Waals surface area contributed by atoms with Crippen LogP contribution in [0.5, 0.6) is 0 Å². The van der Waals surface area contributed by atoms with Crippen molar-refractivity contribution >= 4 is 5.91 Å². The number of aromatic nitrogens is 1. The van der Waals surface area contributed by atoms with E-state index in [9.17, 15) is 4.79 Å². The maximum atomic E-state index is 11.9. The SMILES string of the molecule is CN(C)C(=O)c1ccc(CNC[C@@H]2[C@@H]3CCc4ccccc4[C@H]23)[nH]1. The number of rotatable bonds is 5. The minimum atomic E-state index is 0.0195. The highest BCUT2D eigenvalue weighted by atomic mass is 16.2. The van der Waals surface area contributed by atoms with Crippen LogP contribution >= 0.6 is 0 Å². The zero-order chi connectivity index (χ0) is 16.7. The number of benzene rings is 1. The minimum Gasteiger partial charge on any atom is -0.353 e. The number of carbonyl (C=O) groups is 1. The number of fused-ring (bicyclic) bond motifs is 3. The summed E-state index contributed by atoms with van der Waals surface area (Å²) < 4.78 is 0. The number of hydrogen-bond donors (Lipinski definition) is 2. The van der Waals surface area contributed by atoms with Crippen LogP contribution in [0.15, 0.2) is 36.4 Å². The first-order chi connectivity index (χ1) is 11.6. The predicted octanol–water partition coefficient (Wildman–Crippen LogP) is 2.78. The molecule has 0 unspecified atom stereocenters. The van der Waals surface area contributed by atoms with Crippen molar-refractivity contribution in [2.45, 2.75) is 25.3 Å². The first kappa shape index (κ1) is 15.5. The molecule has 1 saturated carbocycles. The highest BCUT2D eigenvalue weighted by Gasteiger charge is 2.52. The van der Waals surface area contributed by atoms with Crippen molar-refractivity contribution in [1.82, 2.24) is 15.2 Å². The number of H-pyrrole nitrogens is 1. The summed E-state index contributed by atoms with van der Waals surface area (Å²) in [6.45, 7) is 1.85. The van der Waals surface area contributed by atoms with E-state index >= 15 is 0 Å². The van der Waals surface area contributed by atoms with Crippen LogP contribution in [-0.2, 0) is 13.0 Å². The number of nitrogens with one attached hydrogen (secondary N) is 2. The van der Waals surface area contributed by atoms with Gasteiger partial charge in [-0.05, 0) is 60.4 Å². The van der Waals surface area contributed by atoms with Gasteiger partial charge in [-0.15, -0.1) is 0 Å². The number of carbonyl (C=O) groups excluding carboxylic acids is 1. The van der Waals surface area contributed by atoms with Gasteiger partial charge in [0.25, 0.3) is 5.91 Å². The zero-order valence-corrected chi connectivity index (χ0v) is 14.4. The molecule has 2 aromatic rings. The summed E-state index contributed by atoms with van der Waals surface area (Å²) in [5.74, 6) is 2.41. The average molecular weight is 323 g/mol. The molecule has 1 aromatic heterocycles. The van der Waals surface area contributed by atoms with Crippen LogP contribution in [0, 0.1) is 11.8 Å². The van der Waals surface area contributed by atoms with Crippen molar-refractivity contribution in [2.24, 2.45) is 11.8 Å². The molecule has 1 amide bonds. The monoisotopic (exact) mass is 323 g/mol. The third-order valence-electron chi connectivity index (χ3n) is 5.57. The van der Waals surface area contributed by atoms with Gasteiger partial charge in [0.05, 0.1) is 0 Å². The van der Waals surface area contributed by atoms with Crippen molar-refractivity contribution in [2.75, 3.05) is 20.6 Å². The van der Waals surface area contributed by atoms with Gasteiger partial charge < -0.3 is 15.2 Å². The van der Waals surface area contributed by atoms with Crippen molar-refractivity contribution in [3.8, 4) is 0 Å². The Morgan fingerprint density at radius 1 is 1.25 bits per heavy atom. The fourth-order valence-electron chi connectivity index (χ4n) is 4.27. The van der Waals surface area contributed by atoms with Crippen molar-refractivity contribution < 1.29 is 4.79 Å². The number of aromatic amines is 1. The Morgan fingerprint density at radius 3 is 2.92 bits per heavy atom. The van der Waals surface area contributed by atoms with Crippen LogP contribution in [0.4, 0.5) is 0 Å². The molecule has 4 nitrogen and oxygen atoms in total. The summed E-state index contributed by atoms with van der Waals surface area (Å²) in [6, 6.07) is 12.8. The number of hydrogen-bond acceptors (Lipinski definition) is 2. The lowest BCUT2D eigenvalue weighted by atomic mass is 9.92. The molecule has 0 saturated heterocycles. The summed E-state index contributed by atoms with van der Waals surface area (Å²) in [5, 5.41) is 3.58. The molecule has 126 valence electrons. The Hall–Kier alpha value is -2.07. The molecule has 1 fully saturated rings. The van der Waals surface area contributed by atoms with Crippen LogP contribution < -0.4 is 5.32 Å². The van der Waals surface area contributed by atoms with Gasteiger partial charge in [-0.25, -0.2) is 0 Å². The van der Waals surface area contributed by atoms with Gasteiger partial charge in [0.2, 0.25) is 0 Å². The van der Waals surface area contributed by atoms with Crippen molar-refractivity contribution in [3.63, 3.8) is 0 Å². The van der Waals surface area contributed by atoms with Crippen LogP contribution in [0.3, 0.4) is 0 Å². The van der Waals surface area contributed by atoms with E-state index in [0.717, 1.165) is 36.5 Å². The lowest BCUT2D eigenvalue weighted by Crippen LogP contribution is -2.22. The first-order valence-corrected chi connectivity index (χ1v) is 8.83. The fourth-order valence-corrected chi connectivity index (χ4v) is 4.27. The molecule has 2 aliphatic rings. The van der Waals surface area contributed by atoms with E-state index in [1.807, 2.05) is 12.1 Å². The second-order valence-corrected chi connectivity index (χ2v) is 7.32. The Labute approximate surface area is 143 Å². The molecule has 4 heteroatoms. The van der Waals surface area contributed by atoms with Gasteiger partial charge in [-0.3, -0.25) is 4.79 Å². The smallest absolute Gasteiger partial charge is 0.269 e. The Bertz CT molecular complexity index is 749. The second kappa shape index (κ2) is 6.10. The van der Waals surface area contributed by atoms with Gasteiger partial charge in [-0.1, -0.05) is 24.3 Å². The molecule has 2 aliphatic carbocycles. The van der Waals surface area contributed by atoms with Crippen molar-refractivity contribution in [3.05, 3.63) is 58.9 Å². The molecule has 3 atom stereocenters. The third-order valence-corrected chi connectivity index (χ3v) is 5.57. The summed E-state index contributed by atoms with van der Waals surface area (Å²) >= 11 is 0. The van der Waals surface area contributed by atoms with Gasteiger partial charge in [-0.2, -0.15) is 0 Å². The molecule has 4 rings (SSSR count). The molecule has 24 heavy (non-hydrogen) atoms. The molecule has 2 N–H and O–H groups in total. The van der Waals surface area contributed by atoms with Crippen molar-refractivity contribution in [1.29, 1.82) is 0 Å².